The Morgan fingerprint density at radius 2 is 1.71 bits per heavy atom. The maximum absolute atomic E-state index is 14.5. The number of benzene rings is 3. The number of carbonyl (C=O) groups is 2. The number of fused-ring (bicyclic) bond motifs is 2. The number of oxime groups is 1. The molecule has 0 bridgehead atoms. The minimum absolute atomic E-state index is 0.0120. The maximum Gasteiger partial charge on any atom is 0.410 e. The third kappa shape index (κ3) is 12.1. The van der Waals surface area contributed by atoms with Crippen LogP contribution < -0.4 is 14.2 Å². The van der Waals surface area contributed by atoms with Crippen LogP contribution in [0.5, 0.6) is 23.0 Å². The van der Waals surface area contributed by atoms with Gasteiger partial charge in [-0.2, -0.15) is 0 Å². The first-order valence-electron chi connectivity index (χ1n) is 23.1. The average molecular weight is 942 g/mol. The molecule has 1 fully saturated rings. The number of hydrogen-bond donors (Lipinski definition) is 3. The second kappa shape index (κ2) is 25.3. The van der Waals surface area contributed by atoms with Crippen LogP contribution in [0.3, 0.4) is 0 Å². The number of amides is 1. The zero-order chi connectivity index (χ0) is 48.5. The Kier molecular flexibility index (Phi) is 19.1. The van der Waals surface area contributed by atoms with E-state index in [-0.39, 0.29) is 83.3 Å². The number of non-ortho nitro benzene ring substituents is 1. The molecule has 3 N–H and O–H groups in total. The molecule has 3 aliphatic rings. The quantitative estimate of drug-likeness (QED) is 0.0206. The molecule has 0 aromatic heterocycles. The van der Waals surface area contributed by atoms with Gasteiger partial charge in [0.2, 0.25) is 5.79 Å². The van der Waals surface area contributed by atoms with Crippen LogP contribution >= 0.6 is 0 Å². The van der Waals surface area contributed by atoms with Crippen LogP contribution in [-0.4, -0.2) is 115 Å². The highest BCUT2D eigenvalue weighted by Crippen LogP contribution is 2.62. The van der Waals surface area contributed by atoms with Crippen molar-refractivity contribution < 1.29 is 63.1 Å². The first kappa shape index (κ1) is 51.3. The molecule has 366 valence electrons. The molecule has 6 atom stereocenters. The predicted octanol–water partition coefficient (Wildman–Crippen LogP) is 8.07. The summed E-state index contributed by atoms with van der Waals surface area (Å²) in [5.74, 6) is -1.05. The van der Waals surface area contributed by atoms with Gasteiger partial charge in [0.1, 0.15) is 35.6 Å². The average Bonchev–Trinajstić information content (AvgIpc) is 3.35. The van der Waals surface area contributed by atoms with Crippen molar-refractivity contribution in [1.29, 1.82) is 0 Å². The number of aldehydes is 1. The zero-order valence-corrected chi connectivity index (χ0v) is 38.6. The van der Waals surface area contributed by atoms with Crippen LogP contribution in [-0.2, 0) is 25.7 Å². The third-order valence-corrected chi connectivity index (χ3v) is 12.6. The van der Waals surface area contributed by atoms with E-state index in [0.29, 0.717) is 84.6 Å². The lowest BCUT2D eigenvalue weighted by molar-refractivity contribution is -0.384. The molecular formula is C51H63N3O14. The van der Waals surface area contributed by atoms with Gasteiger partial charge in [0.05, 0.1) is 62.3 Å². The highest BCUT2D eigenvalue weighted by atomic mass is 16.7. The van der Waals surface area contributed by atoms with Gasteiger partial charge in [0.15, 0.2) is 6.29 Å². The molecule has 6 rings (SSSR count). The molecule has 3 aromatic carbocycles. The van der Waals surface area contributed by atoms with E-state index in [2.05, 4.69) is 19.2 Å². The van der Waals surface area contributed by atoms with Gasteiger partial charge in [-0.15, -0.1) is 13.2 Å². The molecule has 0 spiro atoms. The number of rotatable bonds is 28. The molecule has 3 aromatic rings. The number of nitrogens with zero attached hydrogens (tertiary/aromatic N) is 3. The molecule has 0 unspecified atom stereocenters. The Hall–Kier alpha value is -6.11. The molecular weight excluding hydrogens is 879 g/mol. The number of carbonyl (C=O) groups excluding carboxylic acids is 2. The number of hydrogen-bond acceptors (Lipinski definition) is 15. The van der Waals surface area contributed by atoms with Crippen molar-refractivity contribution in [1.82, 2.24) is 4.90 Å². The number of allylic oxidation sites excluding steroid dienone is 1. The SMILES string of the molecule is C=CCCOC(=O)N(CCOCCO)[C@H]1CC(=NOCc2ccc([N+](=O)[O-])cc2)C2=C[C@H](CCCCO)[C@@H](CCCCO)[C@@H]3c4cc(Oc5ccc(OC)c(C=O)c5)ccc4O[C@@]1(OCC=C)[C@H]23. The fourth-order valence-corrected chi connectivity index (χ4v) is 9.63. The summed E-state index contributed by atoms with van der Waals surface area (Å²) in [6, 6.07) is 15.6. The van der Waals surface area contributed by atoms with Crippen LogP contribution in [0.15, 0.2) is 103 Å². The zero-order valence-electron chi connectivity index (χ0n) is 38.6. The summed E-state index contributed by atoms with van der Waals surface area (Å²) in [4.78, 5) is 45.1. The predicted molar refractivity (Wildman–Crippen MR) is 252 cm³/mol. The Labute approximate surface area is 396 Å². The summed E-state index contributed by atoms with van der Waals surface area (Å²) in [6.07, 6.45) is 9.98. The van der Waals surface area contributed by atoms with Crippen LogP contribution in [0.25, 0.3) is 0 Å². The molecule has 1 heterocycles. The molecule has 17 nitrogen and oxygen atoms in total. The van der Waals surface area contributed by atoms with Crippen molar-refractivity contribution in [3.63, 3.8) is 0 Å². The summed E-state index contributed by atoms with van der Waals surface area (Å²) < 4.78 is 37.7. The van der Waals surface area contributed by atoms with Crippen molar-refractivity contribution in [2.24, 2.45) is 22.9 Å². The van der Waals surface area contributed by atoms with Gasteiger partial charge in [-0.1, -0.05) is 36.2 Å². The smallest absolute Gasteiger partial charge is 0.410 e. The van der Waals surface area contributed by atoms with E-state index in [1.54, 1.807) is 48.6 Å². The molecule has 68 heavy (non-hydrogen) atoms. The number of nitro benzene ring substituents is 1. The lowest BCUT2D eigenvalue weighted by Crippen LogP contribution is -2.70. The topological polar surface area (TPSA) is 218 Å². The number of ether oxygens (including phenoxy) is 6. The Bertz CT molecular complexity index is 2250. The van der Waals surface area contributed by atoms with E-state index in [1.165, 1.54) is 24.1 Å². The van der Waals surface area contributed by atoms with Gasteiger partial charge in [0.25, 0.3) is 5.69 Å². The summed E-state index contributed by atoms with van der Waals surface area (Å²) in [7, 11) is 1.49. The van der Waals surface area contributed by atoms with Crippen molar-refractivity contribution in [3.05, 3.63) is 124 Å². The molecule has 17 heteroatoms. The minimum Gasteiger partial charge on any atom is -0.496 e. The lowest BCUT2D eigenvalue weighted by Gasteiger charge is -2.59. The first-order valence-corrected chi connectivity index (χ1v) is 23.1. The third-order valence-electron chi connectivity index (χ3n) is 12.6. The number of aliphatic hydroxyl groups excluding tert-OH is 3. The van der Waals surface area contributed by atoms with Gasteiger partial charge in [-0.3, -0.25) is 19.8 Å². The molecule has 1 aliphatic heterocycles. The monoisotopic (exact) mass is 941 g/mol. The summed E-state index contributed by atoms with van der Waals surface area (Å²) in [5, 5.41) is 45.7. The van der Waals surface area contributed by atoms with Gasteiger partial charge >= 0.3 is 6.09 Å². The molecule has 1 saturated carbocycles. The second-order valence-electron chi connectivity index (χ2n) is 16.8. The Morgan fingerprint density at radius 3 is 2.40 bits per heavy atom. The Morgan fingerprint density at radius 1 is 0.956 bits per heavy atom. The molecule has 2 aliphatic carbocycles. The van der Waals surface area contributed by atoms with Gasteiger partial charge < -0.3 is 48.6 Å². The van der Waals surface area contributed by atoms with Crippen LogP contribution in [0.1, 0.15) is 78.8 Å². The molecule has 0 radical (unpaired) electrons. The first-order chi connectivity index (χ1) is 33.2. The van der Waals surface area contributed by atoms with E-state index in [0.717, 1.165) is 17.6 Å². The minimum atomic E-state index is -1.61. The lowest BCUT2D eigenvalue weighted by atomic mass is 9.55. The van der Waals surface area contributed by atoms with Gasteiger partial charge in [-0.25, -0.2) is 4.79 Å². The highest BCUT2D eigenvalue weighted by Gasteiger charge is 2.65. The summed E-state index contributed by atoms with van der Waals surface area (Å²) in [6.45, 7) is 7.74. The number of aliphatic hydroxyl groups is 3. The normalized spacial score (nSPS) is 21.9. The van der Waals surface area contributed by atoms with Crippen molar-refractivity contribution in [2.75, 3.05) is 59.9 Å². The van der Waals surface area contributed by atoms with Gasteiger partial charge in [-0.05, 0) is 104 Å². The van der Waals surface area contributed by atoms with E-state index in [9.17, 15) is 35.0 Å². The van der Waals surface area contributed by atoms with Crippen molar-refractivity contribution in [3.8, 4) is 23.0 Å². The number of nitro groups is 1. The van der Waals surface area contributed by atoms with E-state index in [1.807, 2.05) is 12.1 Å². The highest BCUT2D eigenvalue weighted by molar-refractivity contribution is 6.03. The fraction of sp³-hybridized carbons (Fsp3) is 0.471. The fourth-order valence-electron chi connectivity index (χ4n) is 9.63. The van der Waals surface area contributed by atoms with E-state index < -0.39 is 34.7 Å². The van der Waals surface area contributed by atoms with Crippen molar-refractivity contribution in [2.45, 2.75) is 75.7 Å². The van der Waals surface area contributed by atoms with Gasteiger partial charge in [0, 0.05) is 49.8 Å². The van der Waals surface area contributed by atoms with Crippen LogP contribution in [0.4, 0.5) is 10.5 Å². The largest absolute Gasteiger partial charge is 0.496 e. The van der Waals surface area contributed by atoms with E-state index in [4.69, 9.17) is 38.4 Å². The second-order valence-corrected chi connectivity index (χ2v) is 16.8. The van der Waals surface area contributed by atoms with Crippen LogP contribution in [0.2, 0.25) is 0 Å². The van der Waals surface area contributed by atoms with E-state index >= 15 is 0 Å². The maximum atomic E-state index is 14.5. The molecule has 0 saturated heterocycles. The van der Waals surface area contributed by atoms with Crippen LogP contribution in [0, 0.1) is 27.9 Å². The standard InChI is InChI=1S/C51H63N3O14/c1-4-6-26-64-50(59)53(21-27-63-28-24-57)47-32-44(52-66-34-35-13-15-38(16-14-35)54(60)61)42-30-36(11-7-9-22-55)41(12-8-10-23-56)48-43-31-40(67-39-17-19-45(62-3)37(29-39)33-58)18-20-46(43)68-51(47,49(42)48)65-25-5-2/h4-5,13-20,29-31,33,36,41,47-49,55-57H,1-2,6-12,21-28,32,34H2,3H3/t36-,41+,47-,48+,49+,51+/m0/s1. The Balaban J connectivity index is 1.57. The summed E-state index contributed by atoms with van der Waals surface area (Å²) >= 11 is 0. The molecule has 1 amide bonds. The number of methoxy groups -OCH3 is 1. The summed E-state index contributed by atoms with van der Waals surface area (Å²) in [5.41, 5.74) is 3.01. The van der Waals surface area contributed by atoms with Crippen molar-refractivity contribution >= 4 is 23.8 Å². The number of unbranched alkanes of at least 4 members (excludes halogenated alkanes) is 2.